The lowest BCUT2D eigenvalue weighted by atomic mass is 10.0. The van der Waals surface area contributed by atoms with E-state index < -0.39 is 10.0 Å². The van der Waals surface area contributed by atoms with Crippen LogP contribution >= 0.6 is 11.3 Å². The number of aromatic nitrogens is 1. The number of amides is 1. The van der Waals surface area contributed by atoms with Crippen LogP contribution in [0.25, 0.3) is 10.2 Å². The van der Waals surface area contributed by atoms with Crippen LogP contribution in [0.15, 0.2) is 47.4 Å². The molecule has 0 N–H and O–H groups in total. The number of para-hydroxylation sites is 1. The maximum atomic E-state index is 13.8. The summed E-state index contributed by atoms with van der Waals surface area (Å²) in [5.74, 6) is -0.165. The monoisotopic (exact) mass is 570 g/mol. The Kier molecular flexibility index (Phi) is 8.98. The zero-order valence-corrected chi connectivity index (χ0v) is 24.5. The number of ether oxygens (including phenoxy) is 1. The molecule has 8 nitrogen and oxygen atoms in total. The molecule has 0 spiro atoms. The molecule has 0 radical (unpaired) electrons. The summed E-state index contributed by atoms with van der Waals surface area (Å²) < 4.78 is 35.0. The maximum absolute atomic E-state index is 13.8. The fourth-order valence-corrected chi connectivity index (χ4v) is 8.35. The van der Waals surface area contributed by atoms with Gasteiger partial charge in [-0.2, -0.15) is 4.31 Å². The minimum Gasteiger partial charge on any atom is -0.379 e. The quantitative estimate of drug-likeness (QED) is 0.363. The number of hydrogen-bond donors (Lipinski definition) is 0. The molecule has 5 rings (SSSR count). The molecular weight excluding hydrogens is 532 g/mol. The normalized spacial score (nSPS) is 19.4. The molecule has 0 aliphatic carbocycles. The molecule has 2 aliphatic heterocycles. The zero-order chi connectivity index (χ0) is 27.4. The zero-order valence-electron chi connectivity index (χ0n) is 22.8. The van der Waals surface area contributed by atoms with Crippen molar-refractivity contribution in [2.24, 2.45) is 0 Å². The Morgan fingerprint density at radius 2 is 1.87 bits per heavy atom. The van der Waals surface area contributed by atoms with E-state index in [1.54, 1.807) is 33.5 Å². The van der Waals surface area contributed by atoms with Gasteiger partial charge in [0.1, 0.15) is 0 Å². The van der Waals surface area contributed by atoms with Gasteiger partial charge in [0.15, 0.2) is 5.13 Å². The van der Waals surface area contributed by atoms with E-state index in [4.69, 9.17) is 9.72 Å². The van der Waals surface area contributed by atoms with Gasteiger partial charge >= 0.3 is 0 Å². The number of carbonyl (C=O) groups is 1. The van der Waals surface area contributed by atoms with E-state index in [9.17, 15) is 13.2 Å². The number of hydrogen-bond acceptors (Lipinski definition) is 7. The van der Waals surface area contributed by atoms with Gasteiger partial charge in [-0.05, 0) is 68.5 Å². The summed E-state index contributed by atoms with van der Waals surface area (Å²) in [5.41, 5.74) is 2.45. The number of fused-ring (bicyclic) bond motifs is 1. The summed E-state index contributed by atoms with van der Waals surface area (Å²) in [6, 6.07) is 12.6. The molecule has 1 aromatic heterocycles. The highest BCUT2D eigenvalue weighted by Gasteiger charge is 2.32. The summed E-state index contributed by atoms with van der Waals surface area (Å²) in [7, 11) is -3.60. The summed E-state index contributed by atoms with van der Waals surface area (Å²) in [6.07, 6.45) is 4.45. The minimum absolute atomic E-state index is 0.0366. The first kappa shape index (κ1) is 28.2. The Labute approximate surface area is 235 Å². The van der Waals surface area contributed by atoms with Crippen LogP contribution in [0.4, 0.5) is 5.13 Å². The largest absolute Gasteiger partial charge is 0.379 e. The van der Waals surface area contributed by atoms with Crippen LogP contribution in [0.1, 0.15) is 54.9 Å². The first-order valence-corrected chi connectivity index (χ1v) is 16.2. The number of rotatable bonds is 9. The van der Waals surface area contributed by atoms with Crippen molar-refractivity contribution in [3.63, 3.8) is 0 Å². The van der Waals surface area contributed by atoms with Crippen molar-refractivity contribution in [3.05, 3.63) is 53.6 Å². The van der Waals surface area contributed by atoms with E-state index in [0.29, 0.717) is 23.8 Å². The molecule has 10 heteroatoms. The van der Waals surface area contributed by atoms with Crippen molar-refractivity contribution < 1.29 is 17.9 Å². The van der Waals surface area contributed by atoms with Crippen LogP contribution in [-0.2, 0) is 14.8 Å². The number of benzene rings is 2. The topological polar surface area (TPSA) is 83.1 Å². The van der Waals surface area contributed by atoms with Crippen LogP contribution in [-0.4, -0.2) is 80.5 Å². The summed E-state index contributed by atoms with van der Waals surface area (Å²) >= 11 is 1.52. The molecule has 2 aliphatic rings. The third-order valence-electron chi connectivity index (χ3n) is 7.80. The molecule has 39 heavy (non-hydrogen) atoms. The Hall–Kier alpha value is -2.37. The van der Waals surface area contributed by atoms with Crippen LogP contribution in [0.2, 0.25) is 0 Å². The second kappa shape index (κ2) is 12.4. The Morgan fingerprint density at radius 1 is 1.10 bits per heavy atom. The number of carbonyl (C=O) groups excluding carboxylic acids is 1. The van der Waals surface area contributed by atoms with Crippen LogP contribution in [0, 0.1) is 6.92 Å². The highest BCUT2D eigenvalue weighted by Crippen LogP contribution is 2.32. The number of piperidine rings is 1. The van der Waals surface area contributed by atoms with Gasteiger partial charge in [-0.15, -0.1) is 0 Å². The van der Waals surface area contributed by atoms with Gasteiger partial charge in [0.05, 0.1) is 28.3 Å². The summed E-state index contributed by atoms with van der Waals surface area (Å²) in [5, 5.41) is 0.669. The molecule has 2 fully saturated rings. The number of thiazole rings is 1. The molecule has 2 saturated heterocycles. The molecule has 1 amide bonds. The number of nitrogens with zero attached hydrogens (tertiary/aromatic N) is 4. The molecule has 3 heterocycles. The first-order valence-electron chi connectivity index (χ1n) is 14.0. The summed E-state index contributed by atoms with van der Waals surface area (Å²) in [4.78, 5) is 23.1. The summed E-state index contributed by atoms with van der Waals surface area (Å²) in [6.45, 7) is 9.31. The number of anilines is 1. The van der Waals surface area contributed by atoms with Gasteiger partial charge in [-0.3, -0.25) is 14.6 Å². The molecule has 3 aromatic rings. The molecule has 0 saturated carbocycles. The van der Waals surface area contributed by atoms with Crippen LogP contribution in [0.5, 0.6) is 0 Å². The van der Waals surface area contributed by atoms with E-state index >= 15 is 0 Å². The van der Waals surface area contributed by atoms with E-state index in [2.05, 4.69) is 4.90 Å². The second-order valence-corrected chi connectivity index (χ2v) is 13.3. The number of aryl methyl sites for hydroxylation is 1. The third-order valence-corrected chi connectivity index (χ3v) is 10.8. The van der Waals surface area contributed by atoms with Crippen molar-refractivity contribution in [2.75, 3.05) is 50.8 Å². The second-order valence-electron chi connectivity index (χ2n) is 10.4. The van der Waals surface area contributed by atoms with Crippen molar-refractivity contribution in [3.8, 4) is 0 Å². The van der Waals surface area contributed by atoms with Crippen molar-refractivity contribution in [1.29, 1.82) is 0 Å². The average molecular weight is 571 g/mol. The van der Waals surface area contributed by atoms with Gasteiger partial charge in [-0.25, -0.2) is 13.4 Å². The lowest BCUT2D eigenvalue weighted by molar-refractivity contribution is 0.0376. The maximum Gasteiger partial charge on any atom is 0.260 e. The molecule has 210 valence electrons. The predicted octanol–water partition coefficient (Wildman–Crippen LogP) is 4.93. The van der Waals surface area contributed by atoms with Gasteiger partial charge in [0.25, 0.3) is 5.91 Å². The molecular formula is C29H38N4O4S2. The Balaban J connectivity index is 1.38. The van der Waals surface area contributed by atoms with E-state index in [1.165, 1.54) is 11.3 Å². The number of morpholine rings is 1. The lowest BCUT2D eigenvalue weighted by Gasteiger charge is -2.34. The predicted molar refractivity (Wildman–Crippen MR) is 156 cm³/mol. The minimum atomic E-state index is -3.60. The highest BCUT2D eigenvalue weighted by molar-refractivity contribution is 7.89. The van der Waals surface area contributed by atoms with Crippen LogP contribution in [0.3, 0.4) is 0 Å². The van der Waals surface area contributed by atoms with Gasteiger partial charge in [-0.1, -0.05) is 36.8 Å². The molecule has 1 atom stereocenters. The average Bonchev–Trinajstić information content (AvgIpc) is 3.41. The Bertz CT molecular complexity index is 1380. The van der Waals surface area contributed by atoms with Crippen molar-refractivity contribution >= 4 is 42.6 Å². The fourth-order valence-electron chi connectivity index (χ4n) is 5.51. The molecule has 2 aromatic carbocycles. The SMILES string of the molecule is CCC1CCCCN1S(=O)(=O)c1ccc(C(=O)N(CCCN2CCOCC2)c2nc3c(C)cccc3s2)cc1. The number of sulfonamides is 1. The van der Waals surface area contributed by atoms with Gasteiger partial charge in [0.2, 0.25) is 10.0 Å². The highest BCUT2D eigenvalue weighted by atomic mass is 32.2. The molecule has 1 unspecified atom stereocenters. The standard InChI is InChI=1S/C29H38N4O4S2/c1-3-24-9-4-5-17-33(24)39(35,36)25-13-11-23(12-14-25)28(34)32(16-7-15-31-18-20-37-21-19-31)29-30-27-22(2)8-6-10-26(27)38-29/h6,8,10-14,24H,3-5,7,9,15-21H2,1-2H3. The van der Waals surface area contributed by atoms with Crippen molar-refractivity contribution in [1.82, 2.24) is 14.2 Å². The smallest absolute Gasteiger partial charge is 0.260 e. The lowest BCUT2D eigenvalue weighted by Crippen LogP contribution is -2.43. The molecule has 0 bridgehead atoms. The van der Waals surface area contributed by atoms with E-state index in [0.717, 1.165) is 80.7 Å². The van der Waals surface area contributed by atoms with E-state index in [1.807, 2.05) is 32.0 Å². The van der Waals surface area contributed by atoms with E-state index in [-0.39, 0.29) is 16.8 Å². The van der Waals surface area contributed by atoms with Gasteiger partial charge in [0, 0.05) is 44.3 Å². The first-order chi connectivity index (χ1) is 18.9. The third kappa shape index (κ3) is 6.20. The van der Waals surface area contributed by atoms with Gasteiger partial charge < -0.3 is 4.74 Å². The van der Waals surface area contributed by atoms with Crippen molar-refractivity contribution in [2.45, 2.75) is 56.9 Å². The van der Waals surface area contributed by atoms with Crippen LogP contribution < -0.4 is 4.90 Å². The fraction of sp³-hybridized carbons (Fsp3) is 0.517. The Morgan fingerprint density at radius 3 is 2.59 bits per heavy atom.